The quantitative estimate of drug-likeness (QED) is 0.338. The molecule has 0 atom stereocenters. The minimum absolute atomic E-state index is 1.06. The van der Waals surface area contributed by atoms with E-state index in [1.54, 1.807) is 0 Å². The van der Waals surface area contributed by atoms with Crippen molar-refractivity contribution in [2.75, 3.05) is 25.3 Å². The van der Waals surface area contributed by atoms with E-state index >= 15 is 0 Å². The fourth-order valence-electron chi connectivity index (χ4n) is 2.90. The molecule has 3 heteroatoms. The van der Waals surface area contributed by atoms with Gasteiger partial charge in [-0.3, -0.25) is 0 Å². The van der Waals surface area contributed by atoms with E-state index in [9.17, 15) is 0 Å². The molecule has 0 radical (unpaired) electrons. The van der Waals surface area contributed by atoms with Gasteiger partial charge in [-0.05, 0) is 12.2 Å². The zero-order valence-corrected chi connectivity index (χ0v) is 15.9. The van der Waals surface area contributed by atoms with Crippen molar-refractivity contribution >= 4 is 11.8 Å². The van der Waals surface area contributed by atoms with Gasteiger partial charge in [0, 0.05) is 19.4 Å². The predicted octanol–water partition coefficient (Wildman–Crippen LogP) is 6.05. The molecule has 0 unspecified atom stereocenters. The second-order valence-corrected chi connectivity index (χ2v) is 7.79. The summed E-state index contributed by atoms with van der Waals surface area (Å²) < 4.78 is 0. The van der Waals surface area contributed by atoms with Gasteiger partial charge in [-0.1, -0.05) is 77.6 Å². The van der Waals surface area contributed by atoms with Gasteiger partial charge in [0.15, 0.2) is 0 Å². The number of hydrogen-bond donors (Lipinski definition) is 0. The highest BCUT2D eigenvalue weighted by molar-refractivity contribution is 7.99. The molecule has 0 saturated carbocycles. The highest BCUT2D eigenvalue weighted by atomic mass is 32.2. The van der Waals surface area contributed by atoms with E-state index in [-0.39, 0.29) is 0 Å². The summed E-state index contributed by atoms with van der Waals surface area (Å²) in [5, 5.41) is 0. The van der Waals surface area contributed by atoms with Crippen LogP contribution in [0.3, 0.4) is 0 Å². The molecule has 22 heavy (non-hydrogen) atoms. The molecule has 0 spiro atoms. The Hall–Kier alpha value is -0.310. The van der Waals surface area contributed by atoms with Crippen LogP contribution in [0.4, 0.5) is 0 Å². The smallest absolute Gasteiger partial charge is 0.0898 e. The molecule has 0 bridgehead atoms. The van der Waals surface area contributed by atoms with Crippen LogP contribution in [0.2, 0.25) is 0 Å². The van der Waals surface area contributed by atoms with Crippen LogP contribution < -0.4 is 0 Å². The van der Waals surface area contributed by atoms with Crippen LogP contribution in [0.5, 0.6) is 0 Å². The molecule has 0 saturated heterocycles. The standard InChI is InChI=1S/C19H38N2S/c1-3-4-5-6-7-8-9-10-11-12-13-14-17-22-19-21-16-15-20(2)18-21/h15-16H,3-14,17-19H2,1-2H3. The van der Waals surface area contributed by atoms with Crippen LogP contribution in [-0.2, 0) is 0 Å². The van der Waals surface area contributed by atoms with Crippen molar-refractivity contribution in [3.8, 4) is 0 Å². The van der Waals surface area contributed by atoms with Gasteiger partial charge in [0.1, 0.15) is 0 Å². The van der Waals surface area contributed by atoms with Crippen molar-refractivity contribution < 1.29 is 0 Å². The van der Waals surface area contributed by atoms with E-state index in [1.807, 2.05) is 0 Å². The van der Waals surface area contributed by atoms with Crippen LogP contribution in [0.25, 0.3) is 0 Å². The Morgan fingerprint density at radius 1 is 0.773 bits per heavy atom. The summed E-state index contributed by atoms with van der Waals surface area (Å²) in [6.07, 6.45) is 21.7. The Kier molecular flexibility index (Phi) is 12.8. The van der Waals surface area contributed by atoms with Gasteiger partial charge in [-0.2, -0.15) is 0 Å². The largest absolute Gasteiger partial charge is 0.362 e. The Labute approximate surface area is 143 Å². The topological polar surface area (TPSA) is 6.48 Å². The highest BCUT2D eigenvalue weighted by Crippen LogP contribution is 2.15. The Bertz CT molecular complexity index is 268. The van der Waals surface area contributed by atoms with Crippen LogP contribution in [0.1, 0.15) is 84.0 Å². The van der Waals surface area contributed by atoms with Gasteiger partial charge < -0.3 is 9.80 Å². The average molecular weight is 327 g/mol. The number of thioether (sulfide) groups is 1. The Morgan fingerprint density at radius 2 is 1.32 bits per heavy atom. The van der Waals surface area contributed by atoms with Gasteiger partial charge in [-0.25, -0.2) is 0 Å². The molecule has 0 aromatic rings. The second kappa shape index (κ2) is 14.3. The molecular weight excluding hydrogens is 288 g/mol. The molecule has 1 heterocycles. The van der Waals surface area contributed by atoms with Gasteiger partial charge >= 0.3 is 0 Å². The van der Waals surface area contributed by atoms with Crippen molar-refractivity contribution in [3.05, 3.63) is 12.4 Å². The normalized spacial score (nSPS) is 14.3. The van der Waals surface area contributed by atoms with Crippen LogP contribution >= 0.6 is 11.8 Å². The zero-order chi connectivity index (χ0) is 15.9. The summed E-state index contributed by atoms with van der Waals surface area (Å²) in [7, 11) is 2.13. The Morgan fingerprint density at radius 3 is 1.82 bits per heavy atom. The highest BCUT2D eigenvalue weighted by Gasteiger charge is 2.06. The van der Waals surface area contributed by atoms with E-state index in [0.29, 0.717) is 0 Å². The Balaban J connectivity index is 1.69. The molecule has 130 valence electrons. The molecule has 0 aromatic carbocycles. The summed E-state index contributed by atoms with van der Waals surface area (Å²) in [5.74, 6) is 2.48. The lowest BCUT2D eigenvalue weighted by molar-refractivity contribution is 0.331. The van der Waals surface area contributed by atoms with Crippen LogP contribution in [-0.4, -0.2) is 35.1 Å². The maximum absolute atomic E-state index is 2.38. The average Bonchev–Trinajstić information content (AvgIpc) is 2.93. The summed E-state index contributed by atoms with van der Waals surface area (Å²) in [6.45, 7) is 3.35. The lowest BCUT2D eigenvalue weighted by Crippen LogP contribution is -2.21. The number of rotatable bonds is 15. The van der Waals surface area contributed by atoms with E-state index in [4.69, 9.17) is 0 Å². The molecule has 1 aliphatic heterocycles. The first-order valence-electron chi connectivity index (χ1n) is 9.53. The summed E-state index contributed by atoms with van der Waals surface area (Å²) in [5.41, 5.74) is 0. The molecule has 1 aliphatic rings. The third-order valence-electron chi connectivity index (χ3n) is 4.34. The first kappa shape index (κ1) is 19.7. The van der Waals surface area contributed by atoms with Gasteiger partial charge in [0.2, 0.25) is 0 Å². The van der Waals surface area contributed by atoms with Gasteiger partial charge in [-0.15, -0.1) is 11.8 Å². The summed E-state index contributed by atoms with van der Waals surface area (Å²) >= 11 is 2.08. The molecular formula is C19H38N2S. The predicted molar refractivity (Wildman–Crippen MR) is 102 cm³/mol. The minimum Gasteiger partial charge on any atom is -0.362 e. The number of hydrogen-bond acceptors (Lipinski definition) is 3. The van der Waals surface area contributed by atoms with Crippen molar-refractivity contribution in [1.29, 1.82) is 0 Å². The SMILES string of the molecule is CCCCCCCCCCCCCCSCN1C=CN(C)C1. The van der Waals surface area contributed by atoms with Crippen molar-refractivity contribution in [3.63, 3.8) is 0 Å². The molecule has 0 N–H and O–H groups in total. The fourth-order valence-corrected chi connectivity index (χ4v) is 3.84. The summed E-state index contributed by atoms with van der Waals surface area (Å²) in [4.78, 5) is 4.61. The lowest BCUT2D eigenvalue weighted by Gasteiger charge is -2.17. The van der Waals surface area contributed by atoms with Crippen molar-refractivity contribution in [2.24, 2.45) is 0 Å². The maximum Gasteiger partial charge on any atom is 0.0898 e. The second-order valence-electron chi connectivity index (χ2n) is 6.71. The maximum atomic E-state index is 2.38. The molecule has 1 rings (SSSR count). The minimum atomic E-state index is 1.06. The van der Waals surface area contributed by atoms with Crippen molar-refractivity contribution in [1.82, 2.24) is 9.80 Å². The van der Waals surface area contributed by atoms with Crippen LogP contribution in [0, 0.1) is 0 Å². The third-order valence-corrected chi connectivity index (χ3v) is 5.43. The summed E-state index contributed by atoms with van der Waals surface area (Å²) in [6, 6.07) is 0. The first-order chi connectivity index (χ1) is 10.8. The first-order valence-corrected chi connectivity index (χ1v) is 10.7. The molecule has 2 nitrogen and oxygen atoms in total. The van der Waals surface area contributed by atoms with Crippen LogP contribution in [0.15, 0.2) is 12.4 Å². The van der Waals surface area contributed by atoms with Crippen molar-refractivity contribution in [2.45, 2.75) is 84.0 Å². The van der Waals surface area contributed by atoms with E-state index in [0.717, 1.165) is 12.5 Å². The molecule has 0 fully saturated rings. The molecule has 0 aromatic heterocycles. The molecule has 0 amide bonds. The monoisotopic (exact) mass is 326 g/mol. The van der Waals surface area contributed by atoms with E-state index < -0.39 is 0 Å². The molecule has 0 aliphatic carbocycles. The number of nitrogens with zero attached hydrogens (tertiary/aromatic N) is 2. The lowest BCUT2D eigenvalue weighted by atomic mass is 10.1. The third kappa shape index (κ3) is 11.3. The van der Waals surface area contributed by atoms with E-state index in [1.165, 1.54) is 82.8 Å². The van der Waals surface area contributed by atoms with Gasteiger partial charge in [0.05, 0.1) is 12.5 Å². The zero-order valence-electron chi connectivity index (χ0n) is 15.1. The number of unbranched alkanes of at least 4 members (excludes halogenated alkanes) is 11. The van der Waals surface area contributed by atoms with Gasteiger partial charge in [0.25, 0.3) is 0 Å². The fraction of sp³-hybridized carbons (Fsp3) is 0.895. The van der Waals surface area contributed by atoms with E-state index in [2.05, 4.69) is 47.9 Å².